The summed E-state index contributed by atoms with van der Waals surface area (Å²) in [5.41, 5.74) is 4.80. The summed E-state index contributed by atoms with van der Waals surface area (Å²) in [4.78, 5) is 25.8. The van der Waals surface area contributed by atoms with Gasteiger partial charge in [0, 0.05) is 16.8 Å². The van der Waals surface area contributed by atoms with Gasteiger partial charge in [-0.1, -0.05) is 18.2 Å². The van der Waals surface area contributed by atoms with E-state index in [1.165, 1.54) is 14.0 Å². The number of nitrogens with two attached hydrogens (primary N) is 1. The number of hydrogen-bond donors (Lipinski definition) is 3. The molecule has 0 aliphatic rings. The van der Waals surface area contributed by atoms with Crippen LogP contribution in [0.25, 0.3) is 0 Å². The van der Waals surface area contributed by atoms with E-state index in [9.17, 15) is 22.4 Å². The monoisotopic (exact) mass is 579 g/mol. The van der Waals surface area contributed by atoms with Gasteiger partial charge in [-0.15, -0.1) is 0 Å². The van der Waals surface area contributed by atoms with Gasteiger partial charge >= 0.3 is 0 Å². The molecular weight excluding hydrogens is 554 g/mol. The van der Waals surface area contributed by atoms with Gasteiger partial charge in [0.25, 0.3) is 0 Å². The number of aromatic nitrogens is 2. The first kappa shape index (κ1) is 29.6. The number of amides is 1. The van der Waals surface area contributed by atoms with E-state index >= 15 is 0 Å². The second kappa shape index (κ2) is 12.5. The largest absolute Gasteiger partial charge is 0.494 e. The third-order valence-corrected chi connectivity index (χ3v) is 6.33. The van der Waals surface area contributed by atoms with E-state index in [1.807, 2.05) is 0 Å². The molecule has 42 heavy (non-hydrogen) atoms. The molecule has 4 N–H and O–H groups in total. The van der Waals surface area contributed by atoms with Crippen LogP contribution in [0, 0.1) is 35.6 Å². The van der Waals surface area contributed by atoms with Crippen molar-refractivity contribution in [3.8, 4) is 5.75 Å². The number of nitrogens with one attached hydrogen (secondary N) is 2. The minimum atomic E-state index is -1.35. The van der Waals surface area contributed by atoms with Crippen LogP contribution in [0.2, 0.25) is 0 Å². The molecule has 0 radical (unpaired) electrons. The van der Waals surface area contributed by atoms with Gasteiger partial charge in [-0.2, -0.15) is 4.39 Å². The van der Waals surface area contributed by atoms with Gasteiger partial charge in [0.05, 0.1) is 24.4 Å². The van der Waals surface area contributed by atoms with Gasteiger partial charge in [-0.25, -0.2) is 28.1 Å². The van der Waals surface area contributed by atoms with Gasteiger partial charge < -0.3 is 15.8 Å². The van der Waals surface area contributed by atoms with Crippen molar-refractivity contribution in [3.05, 3.63) is 101 Å². The molecule has 0 fully saturated rings. The number of anilines is 3. The first-order chi connectivity index (χ1) is 20.1. The van der Waals surface area contributed by atoms with Gasteiger partial charge in [0.1, 0.15) is 41.1 Å². The predicted molar refractivity (Wildman–Crippen MR) is 152 cm³/mol. The number of para-hydroxylation sites is 1. The summed E-state index contributed by atoms with van der Waals surface area (Å²) in [6.07, 6.45) is 1.53. The highest BCUT2D eigenvalue weighted by atomic mass is 19.2. The van der Waals surface area contributed by atoms with Crippen molar-refractivity contribution < 1.29 is 27.1 Å². The van der Waals surface area contributed by atoms with E-state index in [2.05, 4.69) is 20.3 Å². The number of carbonyl (C=O) groups is 1. The van der Waals surface area contributed by atoms with Crippen LogP contribution in [-0.2, 0) is 4.79 Å². The maximum absolute atomic E-state index is 14.9. The summed E-state index contributed by atoms with van der Waals surface area (Å²) >= 11 is 0. The van der Waals surface area contributed by atoms with Crippen molar-refractivity contribution in [2.45, 2.75) is 19.9 Å². The van der Waals surface area contributed by atoms with Crippen molar-refractivity contribution in [2.24, 2.45) is 4.99 Å². The summed E-state index contributed by atoms with van der Waals surface area (Å²) in [7, 11) is 1.17. The summed E-state index contributed by atoms with van der Waals surface area (Å²) in [6.45, 7) is 2.89. The Kier molecular flexibility index (Phi) is 8.79. The van der Waals surface area contributed by atoms with Gasteiger partial charge in [0.15, 0.2) is 11.6 Å². The molecule has 9 nitrogen and oxygen atoms in total. The molecule has 1 amide bonds. The number of benzene rings is 3. The zero-order valence-corrected chi connectivity index (χ0v) is 22.6. The minimum absolute atomic E-state index is 0.0832. The Balaban J connectivity index is 1.83. The van der Waals surface area contributed by atoms with Crippen LogP contribution in [0.4, 0.5) is 40.6 Å². The molecule has 0 aliphatic heterocycles. The molecule has 4 aromatic rings. The van der Waals surface area contributed by atoms with E-state index in [-0.39, 0.29) is 40.0 Å². The molecule has 4 rings (SSSR count). The van der Waals surface area contributed by atoms with Crippen LogP contribution >= 0.6 is 0 Å². The highest BCUT2D eigenvalue weighted by Gasteiger charge is 2.27. The number of amidine groups is 1. The van der Waals surface area contributed by atoms with E-state index in [0.29, 0.717) is 12.1 Å². The van der Waals surface area contributed by atoms with Gasteiger partial charge in [0.2, 0.25) is 12.2 Å². The fourth-order valence-electron chi connectivity index (χ4n) is 4.13. The van der Waals surface area contributed by atoms with E-state index in [4.69, 9.17) is 15.9 Å². The smallest absolute Gasteiger partial charge is 0.219 e. The van der Waals surface area contributed by atoms with Crippen LogP contribution in [-0.4, -0.2) is 41.1 Å². The van der Waals surface area contributed by atoms with E-state index in [1.54, 1.807) is 37.3 Å². The van der Waals surface area contributed by atoms with Crippen molar-refractivity contribution in [3.63, 3.8) is 0 Å². The Hall–Kier alpha value is -5.33. The third-order valence-electron chi connectivity index (χ3n) is 6.33. The van der Waals surface area contributed by atoms with Crippen LogP contribution in [0.1, 0.15) is 23.6 Å². The van der Waals surface area contributed by atoms with Crippen molar-refractivity contribution in [2.75, 3.05) is 23.1 Å². The first-order valence-corrected chi connectivity index (χ1v) is 12.4. The van der Waals surface area contributed by atoms with Crippen LogP contribution in [0.3, 0.4) is 0 Å². The first-order valence-electron chi connectivity index (χ1n) is 12.4. The van der Waals surface area contributed by atoms with Crippen LogP contribution in [0.15, 0.2) is 65.9 Å². The lowest BCUT2D eigenvalue weighted by Gasteiger charge is -2.26. The average molecular weight is 580 g/mol. The lowest BCUT2D eigenvalue weighted by atomic mass is 10.0. The molecular formula is C29H25F4N7O2. The second-order valence-electron chi connectivity index (χ2n) is 8.95. The minimum Gasteiger partial charge on any atom is -0.494 e. The molecule has 0 spiro atoms. The maximum atomic E-state index is 14.9. The lowest BCUT2D eigenvalue weighted by Crippen LogP contribution is -2.41. The average Bonchev–Trinajstić information content (AvgIpc) is 2.98. The standard InChI is InChI=1S/C29H25F4N7O2/c1-15-19(30)10-11-20(31)26(15)39-29(40(14-41)17-7-5-4-6-8-17)16(2)38-28-22(27(35)36-13-37-28)25(34)18-9-12-21(42-3)24(33)23(18)32/h4-14,16,34H,1-3H3,(H3,35,36,37,38)/b34-25?,39-29-. The van der Waals surface area contributed by atoms with Gasteiger partial charge in [-0.3, -0.25) is 15.1 Å². The molecule has 0 saturated heterocycles. The topological polar surface area (TPSA) is 130 Å². The van der Waals surface area contributed by atoms with Crippen molar-refractivity contribution in [1.29, 1.82) is 5.41 Å². The maximum Gasteiger partial charge on any atom is 0.219 e. The molecule has 0 aliphatic carbocycles. The second-order valence-corrected chi connectivity index (χ2v) is 8.95. The number of nitrogens with zero attached hydrogens (tertiary/aromatic N) is 4. The quantitative estimate of drug-likeness (QED) is 0.103. The van der Waals surface area contributed by atoms with E-state index < -0.39 is 40.6 Å². The molecule has 1 aromatic heterocycles. The summed E-state index contributed by atoms with van der Waals surface area (Å²) in [6, 6.07) is 11.5. The molecule has 0 saturated carbocycles. The molecule has 1 heterocycles. The molecule has 3 aromatic carbocycles. The molecule has 13 heteroatoms. The SMILES string of the molecule is COc1ccc(C(=N)c2c(N)ncnc2NC(C)/C(=N/c2c(F)ccc(F)c2C)N(C=O)c2ccccc2)c(F)c1F. The van der Waals surface area contributed by atoms with Crippen molar-refractivity contribution in [1.82, 2.24) is 9.97 Å². The molecule has 1 unspecified atom stereocenters. The Labute approximate surface area is 238 Å². The highest BCUT2D eigenvalue weighted by Crippen LogP contribution is 2.30. The van der Waals surface area contributed by atoms with E-state index in [0.717, 1.165) is 35.5 Å². The lowest BCUT2D eigenvalue weighted by molar-refractivity contribution is -0.106. The summed E-state index contributed by atoms with van der Waals surface area (Å²) in [5, 5.41) is 11.6. The number of nitrogen functional groups attached to an aromatic ring is 1. The third kappa shape index (κ3) is 5.75. The number of hydrogen-bond acceptors (Lipinski definition) is 8. The normalized spacial score (nSPS) is 12.0. The van der Waals surface area contributed by atoms with Gasteiger partial charge in [-0.05, 0) is 50.2 Å². The number of methoxy groups -OCH3 is 1. The fourth-order valence-corrected chi connectivity index (χ4v) is 4.13. The number of rotatable bonds is 9. The molecule has 1 atom stereocenters. The van der Waals surface area contributed by atoms with Crippen LogP contribution < -0.4 is 20.7 Å². The Morgan fingerprint density at radius 3 is 2.40 bits per heavy atom. The Bertz CT molecular complexity index is 1680. The Morgan fingerprint density at radius 2 is 1.74 bits per heavy atom. The highest BCUT2D eigenvalue weighted by molar-refractivity contribution is 6.17. The zero-order valence-electron chi connectivity index (χ0n) is 22.6. The van der Waals surface area contributed by atoms with Crippen molar-refractivity contribution >= 4 is 41.0 Å². The predicted octanol–water partition coefficient (Wildman–Crippen LogP) is 5.54. The molecule has 216 valence electrons. The number of halogens is 4. The Morgan fingerprint density at radius 1 is 1.05 bits per heavy atom. The molecule has 0 bridgehead atoms. The number of carbonyl (C=O) groups excluding carboxylic acids is 1. The summed E-state index contributed by atoms with van der Waals surface area (Å²) < 4.78 is 63.4. The zero-order chi connectivity index (χ0) is 30.6. The fraction of sp³-hybridized carbons (Fsp3) is 0.138. The number of aliphatic imine (C=N–C) groups is 1. The summed E-state index contributed by atoms with van der Waals surface area (Å²) in [5.74, 6) is -4.96. The van der Waals surface area contributed by atoms with Crippen LogP contribution in [0.5, 0.6) is 5.75 Å². The number of ether oxygens (including phenoxy) is 1.